The molecule has 1 spiro atoms. The van der Waals surface area contributed by atoms with E-state index in [2.05, 4.69) is 12.2 Å². The standard InChI is InChI=1S/C14H26N2O/c1-3-4-5-10-16(2)13(17)12-11-14(12)6-8-15-9-7-14/h12,15H,3-11H2,1-2H3. The average molecular weight is 238 g/mol. The first-order valence-corrected chi connectivity index (χ1v) is 7.15. The Labute approximate surface area is 105 Å². The summed E-state index contributed by atoms with van der Waals surface area (Å²) in [5, 5.41) is 3.39. The minimum absolute atomic E-state index is 0.344. The zero-order valence-corrected chi connectivity index (χ0v) is 11.3. The molecule has 1 unspecified atom stereocenters. The Hall–Kier alpha value is -0.570. The van der Waals surface area contributed by atoms with Crippen LogP contribution in [0.5, 0.6) is 0 Å². The maximum atomic E-state index is 12.3. The van der Waals surface area contributed by atoms with Crippen molar-refractivity contribution in [3.63, 3.8) is 0 Å². The summed E-state index contributed by atoms with van der Waals surface area (Å²) >= 11 is 0. The van der Waals surface area contributed by atoms with Gasteiger partial charge in [-0.3, -0.25) is 4.79 Å². The van der Waals surface area contributed by atoms with E-state index in [1.807, 2.05) is 11.9 Å². The molecule has 1 amide bonds. The van der Waals surface area contributed by atoms with Gasteiger partial charge in [-0.15, -0.1) is 0 Å². The predicted octanol–water partition coefficient (Wildman–Crippen LogP) is 2.02. The molecule has 3 heteroatoms. The van der Waals surface area contributed by atoms with E-state index in [-0.39, 0.29) is 0 Å². The summed E-state index contributed by atoms with van der Waals surface area (Å²) in [4.78, 5) is 14.2. The summed E-state index contributed by atoms with van der Waals surface area (Å²) in [5.74, 6) is 0.749. The molecule has 17 heavy (non-hydrogen) atoms. The number of amides is 1. The van der Waals surface area contributed by atoms with Crippen molar-refractivity contribution >= 4 is 5.91 Å². The third-order valence-electron chi connectivity index (χ3n) is 4.56. The van der Waals surface area contributed by atoms with Crippen LogP contribution in [0.15, 0.2) is 0 Å². The molecule has 0 aromatic heterocycles. The zero-order valence-electron chi connectivity index (χ0n) is 11.3. The van der Waals surface area contributed by atoms with Crippen molar-refractivity contribution < 1.29 is 4.79 Å². The Morgan fingerprint density at radius 3 is 2.71 bits per heavy atom. The summed E-state index contributed by atoms with van der Waals surface area (Å²) < 4.78 is 0. The van der Waals surface area contributed by atoms with Crippen LogP contribution >= 0.6 is 0 Å². The summed E-state index contributed by atoms with van der Waals surface area (Å²) in [6, 6.07) is 0. The number of nitrogens with one attached hydrogen (secondary N) is 1. The van der Waals surface area contributed by atoms with E-state index in [9.17, 15) is 4.79 Å². The zero-order chi connectivity index (χ0) is 12.3. The lowest BCUT2D eigenvalue weighted by atomic mass is 9.91. The molecule has 2 aliphatic rings. The Morgan fingerprint density at radius 2 is 2.06 bits per heavy atom. The van der Waals surface area contributed by atoms with Gasteiger partial charge in [0, 0.05) is 19.5 Å². The molecule has 98 valence electrons. The molecule has 0 radical (unpaired) electrons. The lowest BCUT2D eigenvalue weighted by Crippen LogP contribution is -2.35. The number of carbonyl (C=O) groups excluding carboxylic acids is 1. The number of carbonyl (C=O) groups is 1. The number of hydrogen-bond acceptors (Lipinski definition) is 2. The number of hydrogen-bond donors (Lipinski definition) is 1. The van der Waals surface area contributed by atoms with Gasteiger partial charge in [0.1, 0.15) is 0 Å². The highest BCUT2D eigenvalue weighted by molar-refractivity contribution is 5.82. The molecule has 1 N–H and O–H groups in total. The van der Waals surface area contributed by atoms with Crippen molar-refractivity contribution in [1.29, 1.82) is 0 Å². The lowest BCUT2D eigenvalue weighted by Gasteiger charge is -2.25. The summed E-state index contributed by atoms with van der Waals surface area (Å²) in [5.41, 5.74) is 0.390. The van der Waals surface area contributed by atoms with Gasteiger partial charge in [0.15, 0.2) is 0 Å². The fourth-order valence-electron chi connectivity index (χ4n) is 3.15. The van der Waals surface area contributed by atoms with Gasteiger partial charge in [0.2, 0.25) is 5.91 Å². The van der Waals surface area contributed by atoms with Crippen molar-refractivity contribution in [1.82, 2.24) is 10.2 Å². The number of nitrogens with zero attached hydrogens (tertiary/aromatic N) is 1. The van der Waals surface area contributed by atoms with Crippen LogP contribution in [-0.2, 0) is 4.79 Å². The van der Waals surface area contributed by atoms with E-state index in [0.717, 1.165) is 32.5 Å². The Bertz CT molecular complexity index is 271. The molecule has 3 nitrogen and oxygen atoms in total. The van der Waals surface area contributed by atoms with Crippen LogP contribution in [-0.4, -0.2) is 37.5 Å². The van der Waals surface area contributed by atoms with Crippen LogP contribution in [0, 0.1) is 11.3 Å². The van der Waals surface area contributed by atoms with Gasteiger partial charge < -0.3 is 10.2 Å². The average Bonchev–Trinajstić information content (AvgIpc) is 3.03. The van der Waals surface area contributed by atoms with Crippen molar-refractivity contribution in [2.24, 2.45) is 11.3 Å². The molecular formula is C14H26N2O. The molecule has 0 aromatic rings. The van der Waals surface area contributed by atoms with Crippen molar-refractivity contribution in [2.75, 3.05) is 26.7 Å². The summed E-state index contributed by atoms with van der Waals surface area (Å²) in [7, 11) is 1.98. The topological polar surface area (TPSA) is 32.3 Å². The van der Waals surface area contributed by atoms with E-state index >= 15 is 0 Å². The molecule has 2 rings (SSSR count). The molecule has 2 fully saturated rings. The Balaban J connectivity index is 1.77. The van der Waals surface area contributed by atoms with Gasteiger partial charge in [-0.1, -0.05) is 19.8 Å². The second-order valence-corrected chi connectivity index (χ2v) is 5.84. The monoisotopic (exact) mass is 238 g/mol. The van der Waals surface area contributed by atoms with E-state index in [0.29, 0.717) is 17.2 Å². The fourth-order valence-corrected chi connectivity index (χ4v) is 3.15. The first-order valence-electron chi connectivity index (χ1n) is 7.15. The van der Waals surface area contributed by atoms with Crippen LogP contribution in [0.2, 0.25) is 0 Å². The molecular weight excluding hydrogens is 212 g/mol. The second-order valence-electron chi connectivity index (χ2n) is 5.84. The quantitative estimate of drug-likeness (QED) is 0.743. The fraction of sp³-hybridized carbons (Fsp3) is 0.929. The molecule has 1 aliphatic heterocycles. The Kier molecular flexibility index (Phi) is 4.08. The SMILES string of the molecule is CCCCCN(C)C(=O)C1CC12CCNCC2. The number of rotatable bonds is 5. The summed E-state index contributed by atoms with van der Waals surface area (Å²) in [6.07, 6.45) is 7.16. The third-order valence-corrected chi connectivity index (χ3v) is 4.56. The van der Waals surface area contributed by atoms with Crippen LogP contribution in [0.25, 0.3) is 0 Å². The Morgan fingerprint density at radius 1 is 1.35 bits per heavy atom. The van der Waals surface area contributed by atoms with Crippen molar-refractivity contribution in [2.45, 2.75) is 45.4 Å². The van der Waals surface area contributed by atoms with Crippen LogP contribution < -0.4 is 5.32 Å². The van der Waals surface area contributed by atoms with Crippen molar-refractivity contribution in [3.8, 4) is 0 Å². The highest BCUT2D eigenvalue weighted by atomic mass is 16.2. The normalized spacial score (nSPS) is 25.9. The van der Waals surface area contributed by atoms with E-state index in [4.69, 9.17) is 0 Å². The molecule has 1 saturated heterocycles. The van der Waals surface area contributed by atoms with E-state index < -0.39 is 0 Å². The van der Waals surface area contributed by atoms with Crippen molar-refractivity contribution in [3.05, 3.63) is 0 Å². The second kappa shape index (κ2) is 5.38. The van der Waals surface area contributed by atoms with Gasteiger partial charge in [0.25, 0.3) is 0 Å². The van der Waals surface area contributed by atoms with E-state index in [1.165, 1.54) is 25.7 Å². The highest BCUT2D eigenvalue weighted by Gasteiger charge is 2.58. The van der Waals surface area contributed by atoms with Crippen LogP contribution in [0.1, 0.15) is 45.4 Å². The largest absolute Gasteiger partial charge is 0.346 e. The van der Waals surface area contributed by atoms with Gasteiger partial charge in [-0.05, 0) is 44.2 Å². The molecule has 1 heterocycles. The van der Waals surface area contributed by atoms with E-state index in [1.54, 1.807) is 0 Å². The maximum Gasteiger partial charge on any atom is 0.226 e. The molecule has 0 aromatic carbocycles. The van der Waals surface area contributed by atoms with Gasteiger partial charge in [0.05, 0.1) is 0 Å². The highest BCUT2D eigenvalue weighted by Crippen LogP contribution is 2.59. The number of unbranched alkanes of at least 4 members (excludes halogenated alkanes) is 2. The third kappa shape index (κ3) is 2.82. The first kappa shape index (κ1) is 12.9. The molecule has 1 atom stereocenters. The van der Waals surface area contributed by atoms with Gasteiger partial charge >= 0.3 is 0 Å². The molecule has 0 bridgehead atoms. The maximum absolute atomic E-state index is 12.3. The van der Waals surface area contributed by atoms with Gasteiger partial charge in [-0.25, -0.2) is 0 Å². The molecule has 1 saturated carbocycles. The van der Waals surface area contributed by atoms with Crippen LogP contribution in [0.4, 0.5) is 0 Å². The first-order chi connectivity index (χ1) is 8.19. The lowest BCUT2D eigenvalue weighted by molar-refractivity contribution is -0.132. The van der Waals surface area contributed by atoms with Crippen LogP contribution in [0.3, 0.4) is 0 Å². The smallest absolute Gasteiger partial charge is 0.226 e. The predicted molar refractivity (Wildman–Crippen MR) is 69.8 cm³/mol. The minimum atomic E-state index is 0.344. The summed E-state index contributed by atoms with van der Waals surface area (Å²) in [6.45, 7) is 5.34. The van der Waals surface area contributed by atoms with Gasteiger partial charge in [-0.2, -0.15) is 0 Å². The minimum Gasteiger partial charge on any atom is -0.346 e. The molecule has 1 aliphatic carbocycles. The number of piperidine rings is 1.